The number of rotatable bonds is 6. The third-order valence-corrected chi connectivity index (χ3v) is 11.5. The number of aromatic nitrogens is 2. The van der Waals surface area contributed by atoms with Gasteiger partial charge < -0.3 is 0 Å². The minimum Gasteiger partial charge on any atom is -0.228 e. The Balaban J connectivity index is 1.09. The largest absolute Gasteiger partial charge is 0.228 e. The SMILES string of the molecule is c1ccc(-c2nc(-c3ccc(-c4ccc5c(c4)C(c4ccccc4)(c4ccccc4)c4ccccc4-5)cc3)cc(-c3cc4ccccc4s3)n2)cc1. The van der Waals surface area contributed by atoms with Crippen LogP contribution in [0.4, 0.5) is 0 Å². The monoisotopic (exact) mass is 680 g/mol. The van der Waals surface area contributed by atoms with Crippen LogP contribution in [-0.4, -0.2) is 9.97 Å². The van der Waals surface area contributed by atoms with Crippen LogP contribution in [-0.2, 0) is 5.41 Å². The van der Waals surface area contributed by atoms with Crippen molar-refractivity contribution in [3.63, 3.8) is 0 Å². The van der Waals surface area contributed by atoms with E-state index in [4.69, 9.17) is 9.97 Å². The summed E-state index contributed by atoms with van der Waals surface area (Å²) in [6.45, 7) is 0. The molecule has 10 rings (SSSR count). The highest BCUT2D eigenvalue weighted by Gasteiger charge is 2.46. The molecule has 7 aromatic carbocycles. The lowest BCUT2D eigenvalue weighted by Gasteiger charge is -2.34. The van der Waals surface area contributed by atoms with Crippen molar-refractivity contribution in [1.82, 2.24) is 9.97 Å². The van der Waals surface area contributed by atoms with Crippen molar-refractivity contribution >= 4 is 21.4 Å². The molecular formula is C49H32N2S. The fourth-order valence-corrected chi connectivity index (χ4v) is 9.03. The van der Waals surface area contributed by atoms with Crippen molar-refractivity contribution in [1.29, 1.82) is 0 Å². The number of fused-ring (bicyclic) bond motifs is 4. The number of hydrogen-bond donors (Lipinski definition) is 0. The normalized spacial score (nSPS) is 12.8. The van der Waals surface area contributed by atoms with Crippen molar-refractivity contribution in [2.24, 2.45) is 0 Å². The maximum atomic E-state index is 5.11. The molecule has 0 atom stereocenters. The molecule has 2 nitrogen and oxygen atoms in total. The predicted octanol–water partition coefficient (Wildman–Crippen LogP) is 12.7. The van der Waals surface area contributed by atoms with Crippen LogP contribution in [0.5, 0.6) is 0 Å². The minimum absolute atomic E-state index is 0.428. The highest BCUT2D eigenvalue weighted by molar-refractivity contribution is 7.22. The van der Waals surface area contributed by atoms with Crippen LogP contribution in [0.25, 0.3) is 65.6 Å². The molecule has 1 aliphatic carbocycles. The van der Waals surface area contributed by atoms with Gasteiger partial charge in [0.2, 0.25) is 0 Å². The molecule has 244 valence electrons. The second-order valence-electron chi connectivity index (χ2n) is 13.3. The lowest BCUT2D eigenvalue weighted by Crippen LogP contribution is -2.28. The molecule has 0 spiro atoms. The topological polar surface area (TPSA) is 25.8 Å². The molecule has 1 aliphatic rings. The third kappa shape index (κ3) is 4.93. The van der Waals surface area contributed by atoms with E-state index in [0.29, 0.717) is 0 Å². The number of benzene rings is 7. The average molecular weight is 681 g/mol. The molecule has 0 radical (unpaired) electrons. The van der Waals surface area contributed by atoms with Crippen LogP contribution in [0.2, 0.25) is 0 Å². The molecular weight excluding hydrogens is 649 g/mol. The van der Waals surface area contributed by atoms with Gasteiger partial charge in [-0.3, -0.25) is 0 Å². The summed E-state index contributed by atoms with van der Waals surface area (Å²) in [7, 11) is 0. The maximum absolute atomic E-state index is 5.11. The summed E-state index contributed by atoms with van der Waals surface area (Å²) in [5.74, 6) is 0.728. The van der Waals surface area contributed by atoms with E-state index in [-0.39, 0.29) is 0 Å². The molecule has 0 saturated carbocycles. The zero-order chi connectivity index (χ0) is 34.5. The Morgan fingerprint density at radius 3 is 1.69 bits per heavy atom. The second-order valence-corrected chi connectivity index (χ2v) is 14.4. The Labute approximate surface area is 307 Å². The molecule has 0 bridgehead atoms. The smallest absolute Gasteiger partial charge is 0.160 e. The van der Waals surface area contributed by atoms with Gasteiger partial charge in [-0.05, 0) is 74.2 Å². The van der Waals surface area contributed by atoms with Gasteiger partial charge in [-0.15, -0.1) is 11.3 Å². The fourth-order valence-electron chi connectivity index (χ4n) is 8.00. The summed E-state index contributed by atoms with van der Waals surface area (Å²) < 4.78 is 1.25. The van der Waals surface area contributed by atoms with Crippen molar-refractivity contribution < 1.29 is 0 Å². The van der Waals surface area contributed by atoms with Gasteiger partial charge in [0, 0.05) is 15.8 Å². The lowest BCUT2D eigenvalue weighted by atomic mass is 9.67. The summed E-state index contributed by atoms with van der Waals surface area (Å²) in [4.78, 5) is 11.3. The summed E-state index contributed by atoms with van der Waals surface area (Å²) in [5.41, 5.74) is 13.6. The van der Waals surface area contributed by atoms with Gasteiger partial charge in [-0.2, -0.15) is 0 Å². The van der Waals surface area contributed by atoms with E-state index >= 15 is 0 Å². The van der Waals surface area contributed by atoms with E-state index in [1.807, 2.05) is 18.2 Å². The molecule has 3 heteroatoms. The van der Waals surface area contributed by atoms with Crippen LogP contribution in [0.3, 0.4) is 0 Å². The van der Waals surface area contributed by atoms with E-state index in [1.54, 1.807) is 11.3 Å². The number of hydrogen-bond acceptors (Lipinski definition) is 3. The molecule has 0 fully saturated rings. The lowest BCUT2D eigenvalue weighted by molar-refractivity contribution is 0.769. The Morgan fingerprint density at radius 1 is 0.385 bits per heavy atom. The van der Waals surface area contributed by atoms with E-state index in [9.17, 15) is 0 Å². The fraction of sp³-hybridized carbons (Fsp3) is 0.0204. The summed E-state index contributed by atoms with van der Waals surface area (Å²) >= 11 is 1.77. The van der Waals surface area contributed by atoms with Crippen LogP contribution < -0.4 is 0 Å². The molecule has 0 aliphatic heterocycles. The zero-order valence-electron chi connectivity index (χ0n) is 28.3. The maximum Gasteiger partial charge on any atom is 0.160 e. The molecule has 0 amide bonds. The molecule has 52 heavy (non-hydrogen) atoms. The average Bonchev–Trinajstić information content (AvgIpc) is 3.80. The van der Waals surface area contributed by atoms with E-state index in [2.05, 4.69) is 176 Å². The van der Waals surface area contributed by atoms with Crippen LogP contribution in [0.1, 0.15) is 22.3 Å². The highest BCUT2D eigenvalue weighted by Crippen LogP contribution is 2.56. The molecule has 0 N–H and O–H groups in total. The minimum atomic E-state index is -0.428. The van der Waals surface area contributed by atoms with Crippen molar-refractivity contribution in [3.8, 4) is 55.5 Å². The van der Waals surface area contributed by atoms with Gasteiger partial charge in [-0.1, -0.05) is 170 Å². The summed E-state index contributed by atoms with van der Waals surface area (Å²) in [6, 6.07) is 69.9. The van der Waals surface area contributed by atoms with Crippen molar-refractivity contribution in [3.05, 3.63) is 216 Å². The van der Waals surface area contributed by atoms with Gasteiger partial charge in [0.15, 0.2) is 5.82 Å². The first kappa shape index (κ1) is 30.4. The highest BCUT2D eigenvalue weighted by atomic mass is 32.1. The summed E-state index contributed by atoms with van der Waals surface area (Å²) in [5, 5.41) is 1.23. The van der Waals surface area contributed by atoms with Crippen LogP contribution >= 0.6 is 11.3 Å². The van der Waals surface area contributed by atoms with E-state index < -0.39 is 5.41 Å². The molecule has 0 saturated heterocycles. The van der Waals surface area contributed by atoms with Gasteiger partial charge in [0.25, 0.3) is 0 Å². The molecule has 2 heterocycles. The van der Waals surface area contributed by atoms with Gasteiger partial charge in [0.1, 0.15) is 0 Å². The zero-order valence-corrected chi connectivity index (χ0v) is 29.1. The van der Waals surface area contributed by atoms with Crippen molar-refractivity contribution in [2.75, 3.05) is 0 Å². The van der Waals surface area contributed by atoms with Gasteiger partial charge in [0.05, 0.1) is 21.7 Å². The summed E-state index contributed by atoms with van der Waals surface area (Å²) in [6.07, 6.45) is 0. The predicted molar refractivity (Wildman–Crippen MR) is 216 cm³/mol. The quantitative estimate of drug-likeness (QED) is 0.175. The Kier molecular flexibility index (Phi) is 7.26. The van der Waals surface area contributed by atoms with E-state index in [1.165, 1.54) is 54.6 Å². The second kappa shape index (κ2) is 12.4. The van der Waals surface area contributed by atoms with Crippen molar-refractivity contribution in [2.45, 2.75) is 5.41 Å². The first-order chi connectivity index (χ1) is 25.8. The Morgan fingerprint density at radius 2 is 0.962 bits per heavy atom. The van der Waals surface area contributed by atoms with E-state index in [0.717, 1.165) is 33.2 Å². The van der Waals surface area contributed by atoms with Gasteiger partial charge in [-0.25, -0.2) is 9.97 Å². The molecule has 0 unspecified atom stereocenters. The number of thiophene rings is 1. The number of nitrogens with zero attached hydrogens (tertiary/aromatic N) is 2. The Hall–Kier alpha value is -6.42. The van der Waals surface area contributed by atoms with Gasteiger partial charge >= 0.3 is 0 Å². The first-order valence-corrected chi connectivity index (χ1v) is 18.5. The van der Waals surface area contributed by atoms with Crippen LogP contribution in [0.15, 0.2) is 194 Å². The first-order valence-electron chi connectivity index (χ1n) is 17.7. The third-order valence-electron chi connectivity index (χ3n) is 10.4. The van der Waals surface area contributed by atoms with Crippen LogP contribution in [0, 0.1) is 0 Å². The molecule has 2 aromatic heterocycles. The standard InChI is InChI=1S/C49H32N2S/c1-4-14-35(15-5-1)48-50-44(32-45(51-48)47-31-37-16-10-13-23-46(37)52-47)34-26-24-33(25-27-34)36-28-29-41-40-21-11-12-22-42(40)49(43(41)30-36,38-17-6-2-7-18-38)39-19-8-3-9-20-39/h1-32H. The molecule has 9 aromatic rings. The Bertz CT molecular complexity index is 2640.